The molecule has 4 rings (SSSR count). The molecular formula is C19H22N4O2. The molecule has 0 spiro atoms. The predicted molar refractivity (Wildman–Crippen MR) is 94.3 cm³/mol. The van der Waals surface area contributed by atoms with Gasteiger partial charge < -0.3 is 9.32 Å². The van der Waals surface area contributed by atoms with Gasteiger partial charge in [0.1, 0.15) is 18.2 Å². The standard InChI is InChI=1S/C19H22N4O2/c1-13-5-6-17-15(10-25-19(17)14(13)2)8-18(24)22-7-3-4-16(9-22)23-12-20-11-21-23/h5-6,10-12,16H,3-4,7-9H2,1-2H3/t16-/m1/s1. The van der Waals surface area contributed by atoms with Gasteiger partial charge in [-0.3, -0.25) is 4.79 Å². The van der Waals surface area contributed by atoms with Crippen LogP contribution < -0.4 is 0 Å². The van der Waals surface area contributed by atoms with Crippen LogP contribution in [0.4, 0.5) is 0 Å². The Bertz CT molecular complexity index is 898. The second kappa shape index (κ2) is 6.35. The highest BCUT2D eigenvalue weighted by Crippen LogP contribution is 2.28. The van der Waals surface area contributed by atoms with E-state index >= 15 is 0 Å². The number of piperidine rings is 1. The Morgan fingerprint density at radius 3 is 3.04 bits per heavy atom. The first-order chi connectivity index (χ1) is 12.1. The fraction of sp³-hybridized carbons (Fsp3) is 0.421. The van der Waals surface area contributed by atoms with Crippen LogP contribution in [0.25, 0.3) is 11.0 Å². The molecule has 1 aromatic carbocycles. The third-order valence-electron chi connectivity index (χ3n) is 5.24. The number of carbonyl (C=O) groups is 1. The minimum atomic E-state index is 0.144. The molecule has 0 aliphatic carbocycles. The second-order valence-electron chi connectivity index (χ2n) is 6.83. The van der Waals surface area contributed by atoms with E-state index in [4.69, 9.17) is 4.42 Å². The summed E-state index contributed by atoms with van der Waals surface area (Å²) in [5.41, 5.74) is 4.19. The van der Waals surface area contributed by atoms with Gasteiger partial charge in [0.2, 0.25) is 5.91 Å². The van der Waals surface area contributed by atoms with Crippen LogP contribution in [-0.4, -0.2) is 38.7 Å². The van der Waals surface area contributed by atoms with Crippen LogP contribution in [0.2, 0.25) is 0 Å². The second-order valence-corrected chi connectivity index (χ2v) is 6.83. The van der Waals surface area contributed by atoms with Gasteiger partial charge in [-0.15, -0.1) is 0 Å². The lowest BCUT2D eigenvalue weighted by atomic mass is 10.0. The Morgan fingerprint density at radius 2 is 2.24 bits per heavy atom. The fourth-order valence-electron chi connectivity index (χ4n) is 3.60. The number of likely N-dealkylation sites (tertiary alicyclic amines) is 1. The monoisotopic (exact) mass is 338 g/mol. The van der Waals surface area contributed by atoms with Gasteiger partial charge in [-0.05, 0) is 37.8 Å². The molecule has 1 saturated heterocycles. The van der Waals surface area contributed by atoms with Crippen LogP contribution >= 0.6 is 0 Å². The molecule has 6 nitrogen and oxygen atoms in total. The van der Waals surface area contributed by atoms with E-state index in [0.29, 0.717) is 13.0 Å². The average Bonchev–Trinajstić information content (AvgIpc) is 3.29. The summed E-state index contributed by atoms with van der Waals surface area (Å²) in [7, 11) is 0. The third-order valence-corrected chi connectivity index (χ3v) is 5.24. The molecule has 1 aliphatic heterocycles. The fourth-order valence-corrected chi connectivity index (χ4v) is 3.60. The highest BCUT2D eigenvalue weighted by atomic mass is 16.3. The number of aryl methyl sites for hydroxylation is 2. The van der Waals surface area contributed by atoms with Crippen molar-refractivity contribution in [2.75, 3.05) is 13.1 Å². The maximum atomic E-state index is 12.8. The Labute approximate surface area is 146 Å². The third kappa shape index (κ3) is 2.92. The van der Waals surface area contributed by atoms with Crippen molar-refractivity contribution < 1.29 is 9.21 Å². The van der Waals surface area contributed by atoms with E-state index in [0.717, 1.165) is 41.5 Å². The van der Waals surface area contributed by atoms with Crippen molar-refractivity contribution in [1.29, 1.82) is 0 Å². The first-order valence-corrected chi connectivity index (χ1v) is 8.71. The number of amides is 1. The number of nitrogens with zero attached hydrogens (tertiary/aromatic N) is 4. The Hall–Kier alpha value is -2.63. The Morgan fingerprint density at radius 1 is 1.36 bits per heavy atom. The quantitative estimate of drug-likeness (QED) is 0.736. The van der Waals surface area contributed by atoms with Crippen LogP contribution in [-0.2, 0) is 11.2 Å². The summed E-state index contributed by atoms with van der Waals surface area (Å²) in [6.45, 7) is 5.62. The first-order valence-electron chi connectivity index (χ1n) is 8.71. The molecule has 0 radical (unpaired) electrons. The van der Waals surface area contributed by atoms with Crippen LogP contribution in [0, 0.1) is 13.8 Å². The van der Waals surface area contributed by atoms with E-state index in [1.54, 1.807) is 18.9 Å². The highest BCUT2D eigenvalue weighted by Gasteiger charge is 2.26. The number of carbonyl (C=O) groups excluding carboxylic acids is 1. The summed E-state index contributed by atoms with van der Waals surface area (Å²) >= 11 is 0. The molecule has 2 aromatic heterocycles. The van der Waals surface area contributed by atoms with Gasteiger partial charge in [-0.1, -0.05) is 12.1 Å². The molecule has 0 N–H and O–H groups in total. The van der Waals surface area contributed by atoms with Gasteiger partial charge in [0, 0.05) is 24.0 Å². The van der Waals surface area contributed by atoms with Crippen LogP contribution in [0.1, 0.15) is 35.6 Å². The molecule has 130 valence electrons. The SMILES string of the molecule is Cc1ccc2c(CC(=O)N3CCC[C@@H](n4cncn4)C3)coc2c1C. The van der Waals surface area contributed by atoms with Crippen molar-refractivity contribution in [1.82, 2.24) is 19.7 Å². The summed E-state index contributed by atoms with van der Waals surface area (Å²) in [5, 5.41) is 5.26. The Kier molecular flexibility index (Phi) is 4.03. The molecule has 3 heterocycles. The largest absolute Gasteiger partial charge is 0.464 e. The van der Waals surface area contributed by atoms with E-state index in [1.165, 1.54) is 5.56 Å². The molecular weight excluding hydrogens is 316 g/mol. The van der Waals surface area contributed by atoms with Gasteiger partial charge in [-0.25, -0.2) is 9.67 Å². The maximum absolute atomic E-state index is 12.8. The maximum Gasteiger partial charge on any atom is 0.227 e. The van der Waals surface area contributed by atoms with Crippen molar-refractivity contribution >= 4 is 16.9 Å². The number of hydrogen-bond acceptors (Lipinski definition) is 4. The van der Waals surface area contributed by atoms with Crippen LogP contribution in [0.3, 0.4) is 0 Å². The molecule has 25 heavy (non-hydrogen) atoms. The lowest BCUT2D eigenvalue weighted by Gasteiger charge is -2.32. The van der Waals surface area contributed by atoms with E-state index in [1.807, 2.05) is 9.58 Å². The number of benzene rings is 1. The van der Waals surface area contributed by atoms with Gasteiger partial charge in [-0.2, -0.15) is 5.10 Å². The topological polar surface area (TPSA) is 64.2 Å². The molecule has 1 fully saturated rings. The van der Waals surface area contributed by atoms with Crippen LogP contribution in [0.5, 0.6) is 0 Å². The molecule has 0 unspecified atom stereocenters. The molecule has 0 bridgehead atoms. The van der Waals surface area contributed by atoms with E-state index < -0.39 is 0 Å². The molecule has 3 aromatic rings. The lowest BCUT2D eigenvalue weighted by molar-refractivity contribution is -0.132. The number of furan rings is 1. The molecule has 1 amide bonds. The Balaban J connectivity index is 1.51. The van der Waals surface area contributed by atoms with Gasteiger partial charge >= 0.3 is 0 Å². The summed E-state index contributed by atoms with van der Waals surface area (Å²) in [6.07, 6.45) is 7.39. The molecule has 1 aliphatic rings. The van der Waals surface area contributed by atoms with E-state index in [2.05, 4.69) is 36.1 Å². The van der Waals surface area contributed by atoms with Crippen molar-refractivity contribution in [2.45, 2.75) is 39.2 Å². The van der Waals surface area contributed by atoms with Gasteiger partial charge in [0.15, 0.2) is 0 Å². The van der Waals surface area contributed by atoms with E-state index in [-0.39, 0.29) is 11.9 Å². The summed E-state index contributed by atoms with van der Waals surface area (Å²) in [4.78, 5) is 18.8. The minimum Gasteiger partial charge on any atom is -0.464 e. The summed E-state index contributed by atoms with van der Waals surface area (Å²) in [5.74, 6) is 0.144. The van der Waals surface area contributed by atoms with Gasteiger partial charge in [0.05, 0.1) is 18.7 Å². The molecule has 1 atom stereocenters. The molecule has 0 saturated carbocycles. The first kappa shape index (κ1) is 15.9. The smallest absolute Gasteiger partial charge is 0.227 e. The number of rotatable bonds is 3. The van der Waals surface area contributed by atoms with Crippen molar-refractivity contribution in [3.8, 4) is 0 Å². The number of fused-ring (bicyclic) bond motifs is 1. The van der Waals surface area contributed by atoms with Crippen LogP contribution in [0.15, 0.2) is 35.5 Å². The van der Waals surface area contributed by atoms with Crippen molar-refractivity contribution in [3.05, 3.63) is 47.7 Å². The summed E-state index contributed by atoms with van der Waals surface area (Å²) < 4.78 is 7.60. The minimum absolute atomic E-state index is 0.144. The zero-order chi connectivity index (χ0) is 17.4. The highest BCUT2D eigenvalue weighted by molar-refractivity contribution is 5.89. The van der Waals surface area contributed by atoms with Gasteiger partial charge in [0.25, 0.3) is 0 Å². The van der Waals surface area contributed by atoms with E-state index in [9.17, 15) is 4.79 Å². The molecule has 6 heteroatoms. The lowest BCUT2D eigenvalue weighted by Crippen LogP contribution is -2.41. The zero-order valence-electron chi connectivity index (χ0n) is 14.6. The summed E-state index contributed by atoms with van der Waals surface area (Å²) in [6, 6.07) is 4.35. The normalized spacial score (nSPS) is 18.0. The zero-order valence-corrected chi connectivity index (χ0v) is 14.6. The number of hydrogen-bond donors (Lipinski definition) is 0. The predicted octanol–water partition coefficient (Wildman–Crippen LogP) is 3.05. The van der Waals surface area contributed by atoms with Crippen molar-refractivity contribution in [3.63, 3.8) is 0 Å². The average molecular weight is 338 g/mol. The number of aromatic nitrogens is 3. The van der Waals surface area contributed by atoms with Crippen molar-refractivity contribution in [2.24, 2.45) is 0 Å².